The van der Waals surface area contributed by atoms with Gasteiger partial charge in [0.15, 0.2) is 0 Å². The number of fused-ring (bicyclic) bond motifs is 1. The van der Waals surface area contributed by atoms with Crippen molar-refractivity contribution in [2.45, 2.75) is 39.7 Å². The molecule has 0 aromatic heterocycles. The average molecular weight is 407 g/mol. The van der Waals surface area contributed by atoms with E-state index in [-0.39, 0.29) is 42.6 Å². The fourth-order valence-electron chi connectivity index (χ4n) is 3.32. The van der Waals surface area contributed by atoms with Crippen LogP contribution in [0.4, 0.5) is 5.69 Å². The van der Waals surface area contributed by atoms with Gasteiger partial charge in [0.1, 0.15) is 0 Å². The summed E-state index contributed by atoms with van der Waals surface area (Å²) in [5, 5.41) is 5.65. The molecule has 2 aromatic carbocycles. The van der Waals surface area contributed by atoms with Crippen molar-refractivity contribution in [3.63, 3.8) is 0 Å². The second kappa shape index (κ2) is 8.90. The Bertz CT molecular complexity index is 998. The molecule has 156 valence electrons. The maximum absolute atomic E-state index is 12.5. The number of amides is 4. The van der Waals surface area contributed by atoms with Gasteiger partial charge in [0, 0.05) is 25.1 Å². The molecule has 0 spiro atoms. The summed E-state index contributed by atoms with van der Waals surface area (Å²) in [5.41, 5.74) is 3.27. The van der Waals surface area contributed by atoms with Crippen LogP contribution in [-0.2, 0) is 9.59 Å². The molecule has 3 rings (SSSR count). The lowest BCUT2D eigenvalue weighted by Crippen LogP contribution is -2.35. The lowest BCUT2D eigenvalue weighted by molar-refractivity contribution is -0.121. The smallest absolute Gasteiger partial charge is 0.261 e. The number of aryl methyl sites for hydroxylation is 1. The Balaban J connectivity index is 1.54. The highest BCUT2D eigenvalue weighted by Crippen LogP contribution is 2.24. The van der Waals surface area contributed by atoms with Crippen molar-refractivity contribution < 1.29 is 19.2 Å². The second-order valence-corrected chi connectivity index (χ2v) is 7.37. The standard InChI is InChI=1S/C23H25N3O4/c1-4-20(27)25-17-8-6-16(7-9-17)15(3)24-21(28)11-12-26-22(29)18-10-5-14(2)13-19(18)23(26)30/h5-10,13,15H,4,11-12H2,1-3H3,(H,24,28)(H,25,27). The summed E-state index contributed by atoms with van der Waals surface area (Å²) in [5.74, 6) is -1.03. The number of carbonyl (C=O) groups excluding carboxylic acids is 4. The number of rotatable bonds is 7. The van der Waals surface area contributed by atoms with Crippen molar-refractivity contribution in [2.75, 3.05) is 11.9 Å². The third kappa shape index (κ3) is 4.56. The van der Waals surface area contributed by atoms with Crippen LogP contribution in [0.2, 0.25) is 0 Å². The van der Waals surface area contributed by atoms with Gasteiger partial charge in [-0.15, -0.1) is 0 Å². The molecule has 1 aliphatic rings. The van der Waals surface area contributed by atoms with E-state index in [2.05, 4.69) is 10.6 Å². The van der Waals surface area contributed by atoms with Gasteiger partial charge in [-0.2, -0.15) is 0 Å². The summed E-state index contributed by atoms with van der Waals surface area (Å²) >= 11 is 0. The van der Waals surface area contributed by atoms with E-state index in [9.17, 15) is 19.2 Å². The van der Waals surface area contributed by atoms with Gasteiger partial charge in [-0.1, -0.05) is 30.7 Å². The Labute approximate surface area is 175 Å². The van der Waals surface area contributed by atoms with E-state index in [1.165, 1.54) is 0 Å². The van der Waals surface area contributed by atoms with Crippen molar-refractivity contribution in [3.8, 4) is 0 Å². The van der Waals surface area contributed by atoms with Crippen molar-refractivity contribution in [3.05, 3.63) is 64.7 Å². The Morgan fingerprint density at radius 1 is 0.967 bits per heavy atom. The van der Waals surface area contributed by atoms with Crippen LogP contribution in [-0.4, -0.2) is 35.1 Å². The predicted molar refractivity (Wildman–Crippen MR) is 113 cm³/mol. The molecule has 1 unspecified atom stereocenters. The highest BCUT2D eigenvalue weighted by molar-refractivity contribution is 6.21. The van der Waals surface area contributed by atoms with E-state index in [0.717, 1.165) is 16.0 Å². The molecule has 0 saturated heterocycles. The molecule has 4 amide bonds. The van der Waals surface area contributed by atoms with Crippen molar-refractivity contribution >= 4 is 29.3 Å². The zero-order chi connectivity index (χ0) is 21.8. The van der Waals surface area contributed by atoms with Crippen molar-refractivity contribution in [1.29, 1.82) is 0 Å². The van der Waals surface area contributed by atoms with E-state index >= 15 is 0 Å². The van der Waals surface area contributed by atoms with E-state index in [1.807, 2.05) is 26.0 Å². The van der Waals surface area contributed by atoms with E-state index in [4.69, 9.17) is 0 Å². The SMILES string of the molecule is CCC(=O)Nc1ccc(C(C)NC(=O)CCN2C(=O)c3ccc(C)cc3C2=O)cc1. The van der Waals surface area contributed by atoms with Gasteiger partial charge < -0.3 is 10.6 Å². The van der Waals surface area contributed by atoms with Crippen LogP contribution in [0.3, 0.4) is 0 Å². The van der Waals surface area contributed by atoms with E-state index in [0.29, 0.717) is 23.2 Å². The maximum Gasteiger partial charge on any atom is 0.261 e. The first-order valence-electron chi connectivity index (χ1n) is 9.96. The Morgan fingerprint density at radius 3 is 2.30 bits per heavy atom. The van der Waals surface area contributed by atoms with Gasteiger partial charge in [-0.3, -0.25) is 24.1 Å². The number of hydrogen-bond acceptors (Lipinski definition) is 4. The Kier molecular flexibility index (Phi) is 6.30. The summed E-state index contributed by atoms with van der Waals surface area (Å²) in [6.45, 7) is 5.53. The largest absolute Gasteiger partial charge is 0.350 e. The molecular formula is C23H25N3O4. The summed E-state index contributed by atoms with van der Waals surface area (Å²) in [6.07, 6.45) is 0.431. The van der Waals surface area contributed by atoms with E-state index in [1.54, 1.807) is 37.3 Å². The van der Waals surface area contributed by atoms with Crippen LogP contribution < -0.4 is 10.6 Å². The molecule has 0 radical (unpaired) electrons. The third-order valence-electron chi connectivity index (χ3n) is 5.08. The number of benzene rings is 2. The first-order valence-corrected chi connectivity index (χ1v) is 9.96. The van der Waals surface area contributed by atoms with Crippen molar-refractivity contribution in [1.82, 2.24) is 10.2 Å². The summed E-state index contributed by atoms with van der Waals surface area (Å²) in [7, 11) is 0. The first kappa shape index (κ1) is 21.2. The van der Waals surface area contributed by atoms with Crippen LogP contribution in [0.15, 0.2) is 42.5 Å². The molecule has 1 heterocycles. The lowest BCUT2D eigenvalue weighted by atomic mass is 10.1. The van der Waals surface area contributed by atoms with Gasteiger partial charge in [0.2, 0.25) is 11.8 Å². The molecule has 0 bridgehead atoms. The molecule has 2 N–H and O–H groups in total. The normalized spacial score (nSPS) is 13.8. The summed E-state index contributed by atoms with van der Waals surface area (Å²) < 4.78 is 0. The molecule has 0 aliphatic carbocycles. The first-order chi connectivity index (χ1) is 14.3. The number of hydrogen-bond donors (Lipinski definition) is 2. The van der Waals surface area contributed by atoms with Gasteiger partial charge in [-0.05, 0) is 43.7 Å². The molecule has 7 nitrogen and oxygen atoms in total. The number of anilines is 1. The van der Waals surface area contributed by atoms with Crippen molar-refractivity contribution in [2.24, 2.45) is 0 Å². The number of nitrogens with one attached hydrogen (secondary N) is 2. The molecule has 2 aromatic rings. The summed E-state index contributed by atoms with van der Waals surface area (Å²) in [4.78, 5) is 49.9. The maximum atomic E-state index is 12.5. The molecule has 0 saturated carbocycles. The molecule has 30 heavy (non-hydrogen) atoms. The average Bonchev–Trinajstić information content (AvgIpc) is 2.96. The topological polar surface area (TPSA) is 95.6 Å². The zero-order valence-electron chi connectivity index (χ0n) is 17.3. The number of nitrogens with zero attached hydrogens (tertiary/aromatic N) is 1. The van der Waals surface area contributed by atoms with Gasteiger partial charge in [0.05, 0.1) is 17.2 Å². The minimum absolute atomic E-state index is 0.0272. The molecule has 1 aliphatic heterocycles. The third-order valence-corrected chi connectivity index (χ3v) is 5.08. The number of imide groups is 1. The Morgan fingerprint density at radius 2 is 1.63 bits per heavy atom. The zero-order valence-corrected chi connectivity index (χ0v) is 17.3. The highest BCUT2D eigenvalue weighted by atomic mass is 16.2. The molecule has 7 heteroatoms. The molecule has 1 atom stereocenters. The quantitative estimate of drug-likeness (QED) is 0.689. The van der Waals surface area contributed by atoms with Crippen LogP contribution in [0.25, 0.3) is 0 Å². The second-order valence-electron chi connectivity index (χ2n) is 7.37. The molecular weight excluding hydrogens is 382 g/mol. The molecule has 0 fully saturated rings. The van der Waals surface area contributed by atoms with Crippen LogP contribution in [0, 0.1) is 6.92 Å². The van der Waals surface area contributed by atoms with E-state index < -0.39 is 0 Å². The number of carbonyl (C=O) groups is 4. The Hall–Kier alpha value is -3.48. The summed E-state index contributed by atoms with van der Waals surface area (Å²) in [6, 6.07) is 12.1. The minimum Gasteiger partial charge on any atom is -0.350 e. The lowest BCUT2D eigenvalue weighted by Gasteiger charge is -2.17. The van der Waals surface area contributed by atoms with Crippen LogP contribution in [0.1, 0.15) is 64.6 Å². The highest BCUT2D eigenvalue weighted by Gasteiger charge is 2.35. The monoisotopic (exact) mass is 407 g/mol. The van der Waals surface area contributed by atoms with Crippen LogP contribution >= 0.6 is 0 Å². The fourth-order valence-corrected chi connectivity index (χ4v) is 3.32. The minimum atomic E-state index is -0.361. The van der Waals surface area contributed by atoms with Gasteiger partial charge in [-0.25, -0.2) is 0 Å². The van der Waals surface area contributed by atoms with Gasteiger partial charge >= 0.3 is 0 Å². The predicted octanol–water partition coefficient (Wildman–Crippen LogP) is 3.21. The van der Waals surface area contributed by atoms with Crippen LogP contribution in [0.5, 0.6) is 0 Å². The van der Waals surface area contributed by atoms with Gasteiger partial charge in [0.25, 0.3) is 11.8 Å². The fraction of sp³-hybridized carbons (Fsp3) is 0.304.